The van der Waals surface area contributed by atoms with E-state index in [-0.39, 0.29) is 0 Å². The van der Waals surface area contributed by atoms with Gasteiger partial charge in [-0.25, -0.2) is 9.97 Å². The van der Waals surface area contributed by atoms with Gasteiger partial charge in [-0.3, -0.25) is 0 Å². The molecule has 0 radical (unpaired) electrons. The molecule has 0 amide bonds. The molecule has 80 valence electrons. The fraction of sp³-hybridized carbons (Fsp3) is 0.0909. The zero-order valence-corrected chi connectivity index (χ0v) is 9.29. The van der Waals surface area contributed by atoms with E-state index in [2.05, 4.69) is 20.3 Å². The SMILES string of the molecule is c1ccc2[nH]c(NCc3nccs3)nc2c1. The molecule has 2 aromatic heterocycles. The van der Waals surface area contributed by atoms with Gasteiger partial charge in [0.05, 0.1) is 17.6 Å². The molecule has 0 unspecified atom stereocenters. The largest absolute Gasteiger partial charge is 0.349 e. The third-order valence-electron chi connectivity index (χ3n) is 2.28. The number of hydrogen-bond acceptors (Lipinski definition) is 4. The molecule has 5 heteroatoms. The molecule has 0 spiro atoms. The van der Waals surface area contributed by atoms with Crippen LogP contribution in [-0.2, 0) is 6.54 Å². The Bertz CT molecular complexity index is 552. The number of nitrogens with one attached hydrogen (secondary N) is 2. The molecule has 0 aliphatic rings. The number of hydrogen-bond donors (Lipinski definition) is 2. The molecule has 2 heterocycles. The Morgan fingerprint density at radius 1 is 1.31 bits per heavy atom. The van der Waals surface area contributed by atoms with E-state index >= 15 is 0 Å². The smallest absolute Gasteiger partial charge is 0.201 e. The van der Waals surface area contributed by atoms with Crippen LogP contribution in [0.4, 0.5) is 5.95 Å². The predicted molar refractivity (Wildman–Crippen MR) is 65.5 cm³/mol. The van der Waals surface area contributed by atoms with Crippen LogP contribution in [0.25, 0.3) is 11.0 Å². The van der Waals surface area contributed by atoms with Gasteiger partial charge in [0.15, 0.2) is 0 Å². The molecule has 0 fully saturated rings. The van der Waals surface area contributed by atoms with Crippen LogP contribution in [-0.4, -0.2) is 15.0 Å². The van der Waals surface area contributed by atoms with E-state index in [0.29, 0.717) is 6.54 Å². The van der Waals surface area contributed by atoms with Crippen LogP contribution in [0.3, 0.4) is 0 Å². The Labute approximate surface area is 96.4 Å². The second kappa shape index (κ2) is 3.94. The molecule has 0 aliphatic carbocycles. The standard InChI is InChI=1S/C11H10N4S/c1-2-4-9-8(3-1)14-11(15-9)13-7-10-12-5-6-16-10/h1-6H,7H2,(H2,13,14,15). The van der Waals surface area contributed by atoms with Crippen molar-refractivity contribution in [3.05, 3.63) is 40.8 Å². The lowest BCUT2D eigenvalue weighted by atomic mass is 10.3. The summed E-state index contributed by atoms with van der Waals surface area (Å²) in [6.45, 7) is 0.706. The fourth-order valence-electron chi connectivity index (χ4n) is 1.54. The summed E-state index contributed by atoms with van der Waals surface area (Å²) in [4.78, 5) is 11.8. The van der Waals surface area contributed by atoms with Crippen molar-refractivity contribution in [2.24, 2.45) is 0 Å². The number of benzene rings is 1. The van der Waals surface area contributed by atoms with E-state index in [4.69, 9.17) is 0 Å². The summed E-state index contributed by atoms with van der Waals surface area (Å²) < 4.78 is 0. The van der Waals surface area contributed by atoms with Crippen LogP contribution in [0.15, 0.2) is 35.8 Å². The van der Waals surface area contributed by atoms with Crippen LogP contribution < -0.4 is 5.32 Å². The van der Waals surface area contributed by atoms with Gasteiger partial charge in [0.1, 0.15) is 5.01 Å². The van der Waals surface area contributed by atoms with Crippen molar-refractivity contribution < 1.29 is 0 Å². The molecule has 0 bridgehead atoms. The predicted octanol–water partition coefficient (Wildman–Crippen LogP) is 2.63. The third-order valence-corrected chi connectivity index (χ3v) is 3.06. The number of thiazole rings is 1. The maximum absolute atomic E-state index is 4.42. The maximum Gasteiger partial charge on any atom is 0.201 e. The average Bonchev–Trinajstić information content (AvgIpc) is 2.95. The summed E-state index contributed by atoms with van der Waals surface area (Å²) in [6, 6.07) is 7.97. The number of rotatable bonds is 3. The van der Waals surface area contributed by atoms with Crippen molar-refractivity contribution in [2.45, 2.75) is 6.54 Å². The van der Waals surface area contributed by atoms with Crippen molar-refractivity contribution in [1.29, 1.82) is 0 Å². The van der Waals surface area contributed by atoms with Gasteiger partial charge < -0.3 is 10.3 Å². The van der Waals surface area contributed by atoms with E-state index in [1.807, 2.05) is 29.6 Å². The van der Waals surface area contributed by atoms with Crippen LogP contribution in [0.2, 0.25) is 0 Å². The Kier molecular flexibility index (Phi) is 2.30. The molecule has 2 N–H and O–H groups in total. The van der Waals surface area contributed by atoms with Gasteiger partial charge in [0.25, 0.3) is 0 Å². The molecule has 0 saturated heterocycles. The monoisotopic (exact) mass is 230 g/mol. The Morgan fingerprint density at radius 2 is 2.25 bits per heavy atom. The first-order valence-corrected chi connectivity index (χ1v) is 5.87. The van der Waals surface area contributed by atoms with Crippen molar-refractivity contribution in [3.8, 4) is 0 Å². The van der Waals surface area contributed by atoms with E-state index in [1.54, 1.807) is 17.5 Å². The topological polar surface area (TPSA) is 53.6 Å². The summed E-state index contributed by atoms with van der Waals surface area (Å²) >= 11 is 1.63. The molecule has 0 saturated carbocycles. The van der Waals surface area contributed by atoms with Crippen LogP contribution in [0.5, 0.6) is 0 Å². The fourth-order valence-corrected chi connectivity index (χ4v) is 2.09. The molecule has 0 aliphatic heterocycles. The summed E-state index contributed by atoms with van der Waals surface area (Å²) in [6.07, 6.45) is 1.81. The minimum atomic E-state index is 0.706. The molecule has 3 aromatic rings. The molecule has 16 heavy (non-hydrogen) atoms. The Hall–Kier alpha value is -1.88. The van der Waals surface area contributed by atoms with Crippen molar-refractivity contribution in [1.82, 2.24) is 15.0 Å². The highest BCUT2D eigenvalue weighted by molar-refractivity contribution is 7.09. The van der Waals surface area contributed by atoms with Crippen LogP contribution >= 0.6 is 11.3 Å². The lowest BCUT2D eigenvalue weighted by Gasteiger charge is -1.97. The second-order valence-corrected chi connectivity index (χ2v) is 4.36. The molecule has 4 nitrogen and oxygen atoms in total. The minimum absolute atomic E-state index is 0.706. The van der Waals surface area contributed by atoms with Crippen LogP contribution in [0, 0.1) is 0 Å². The first-order chi connectivity index (χ1) is 7.92. The first kappa shape index (κ1) is 9.35. The van der Waals surface area contributed by atoms with E-state index in [1.165, 1.54) is 0 Å². The van der Waals surface area contributed by atoms with Gasteiger partial charge in [-0.2, -0.15) is 0 Å². The number of fused-ring (bicyclic) bond motifs is 1. The van der Waals surface area contributed by atoms with Crippen LogP contribution in [0.1, 0.15) is 5.01 Å². The molecular weight excluding hydrogens is 220 g/mol. The second-order valence-electron chi connectivity index (χ2n) is 3.38. The number of anilines is 1. The van der Waals surface area contributed by atoms with E-state index in [9.17, 15) is 0 Å². The number of para-hydroxylation sites is 2. The normalized spacial score (nSPS) is 10.8. The molecule has 3 rings (SSSR count). The van der Waals surface area contributed by atoms with E-state index < -0.39 is 0 Å². The zero-order valence-electron chi connectivity index (χ0n) is 8.47. The van der Waals surface area contributed by atoms with Gasteiger partial charge in [-0.15, -0.1) is 11.3 Å². The number of aromatic nitrogens is 3. The van der Waals surface area contributed by atoms with Crippen molar-refractivity contribution in [2.75, 3.05) is 5.32 Å². The average molecular weight is 230 g/mol. The molecule has 0 atom stereocenters. The minimum Gasteiger partial charge on any atom is -0.349 e. The summed E-state index contributed by atoms with van der Waals surface area (Å²) in [7, 11) is 0. The zero-order chi connectivity index (χ0) is 10.8. The third kappa shape index (κ3) is 1.77. The van der Waals surface area contributed by atoms with Gasteiger partial charge in [0, 0.05) is 11.6 Å². The lowest BCUT2D eigenvalue weighted by Crippen LogP contribution is -1.99. The highest BCUT2D eigenvalue weighted by Gasteiger charge is 2.01. The quantitative estimate of drug-likeness (QED) is 0.727. The number of H-pyrrole nitrogens is 1. The number of imidazole rings is 1. The highest BCUT2D eigenvalue weighted by Crippen LogP contribution is 2.14. The molecular formula is C11H10N4S. The highest BCUT2D eigenvalue weighted by atomic mass is 32.1. The summed E-state index contributed by atoms with van der Waals surface area (Å²) in [5.74, 6) is 0.788. The number of nitrogens with zero attached hydrogens (tertiary/aromatic N) is 2. The number of aromatic amines is 1. The molecule has 1 aromatic carbocycles. The Morgan fingerprint density at radius 3 is 3.06 bits per heavy atom. The Balaban J connectivity index is 1.79. The first-order valence-electron chi connectivity index (χ1n) is 4.99. The van der Waals surface area contributed by atoms with Gasteiger partial charge in [0.2, 0.25) is 5.95 Å². The van der Waals surface area contributed by atoms with E-state index in [0.717, 1.165) is 22.0 Å². The van der Waals surface area contributed by atoms with Crippen molar-refractivity contribution in [3.63, 3.8) is 0 Å². The maximum atomic E-state index is 4.42. The summed E-state index contributed by atoms with van der Waals surface area (Å²) in [5, 5.41) is 6.24. The van der Waals surface area contributed by atoms with Gasteiger partial charge >= 0.3 is 0 Å². The lowest BCUT2D eigenvalue weighted by molar-refractivity contribution is 1.07. The van der Waals surface area contributed by atoms with Gasteiger partial charge in [-0.05, 0) is 12.1 Å². The summed E-state index contributed by atoms with van der Waals surface area (Å²) in [5.41, 5.74) is 2.02. The van der Waals surface area contributed by atoms with Crippen molar-refractivity contribution >= 4 is 28.3 Å². The van der Waals surface area contributed by atoms with Gasteiger partial charge in [-0.1, -0.05) is 12.1 Å².